The molecule has 1 aliphatic heterocycles. The summed E-state index contributed by atoms with van der Waals surface area (Å²) >= 11 is 12.8. The van der Waals surface area contributed by atoms with Gasteiger partial charge in [0.05, 0.1) is 24.5 Å². The molecule has 43 heavy (non-hydrogen) atoms. The average molecular weight is 624 g/mol. The second-order valence-corrected chi connectivity index (χ2v) is 10.5. The molecule has 3 amide bonds. The molecule has 0 radical (unpaired) electrons. The van der Waals surface area contributed by atoms with Crippen molar-refractivity contribution in [3.05, 3.63) is 70.4 Å². The third-order valence-corrected chi connectivity index (χ3v) is 7.21. The smallest absolute Gasteiger partial charge is 0.411 e. The maximum atomic E-state index is 13.1. The number of amides is 3. The van der Waals surface area contributed by atoms with Crippen LogP contribution in [0.25, 0.3) is 23.0 Å². The Morgan fingerprint density at radius 1 is 1.14 bits per heavy atom. The van der Waals surface area contributed by atoms with Crippen molar-refractivity contribution in [3.8, 4) is 16.9 Å². The zero-order chi connectivity index (χ0) is 30.3. The van der Waals surface area contributed by atoms with Crippen LogP contribution in [0.1, 0.15) is 49.5 Å². The van der Waals surface area contributed by atoms with Crippen LogP contribution in [0.4, 0.5) is 16.2 Å². The predicted molar refractivity (Wildman–Crippen MR) is 161 cm³/mol. The molecule has 4 N–H and O–H groups in total. The van der Waals surface area contributed by atoms with Crippen LogP contribution in [-0.2, 0) is 14.3 Å². The van der Waals surface area contributed by atoms with E-state index < -0.39 is 12.1 Å². The van der Waals surface area contributed by atoms with Gasteiger partial charge in [0.2, 0.25) is 11.8 Å². The Bertz CT molecular complexity index is 1670. The van der Waals surface area contributed by atoms with E-state index in [1.807, 2.05) is 0 Å². The minimum Gasteiger partial charge on any atom is -0.453 e. The Hall–Kier alpha value is -4.75. The van der Waals surface area contributed by atoms with Gasteiger partial charge < -0.3 is 20.4 Å². The highest BCUT2D eigenvalue weighted by Crippen LogP contribution is 2.36. The number of halogens is 2. The zero-order valence-corrected chi connectivity index (χ0v) is 24.4. The highest BCUT2D eigenvalue weighted by molar-refractivity contribution is 6.32. The fourth-order valence-corrected chi connectivity index (χ4v) is 5.06. The minimum atomic E-state index is -0.648. The lowest BCUT2D eigenvalue weighted by Gasteiger charge is -2.16. The number of hydrogen-bond donors (Lipinski definition) is 4. The van der Waals surface area contributed by atoms with Gasteiger partial charge >= 0.3 is 6.09 Å². The molecule has 1 unspecified atom stereocenters. The second kappa shape index (κ2) is 13.5. The Labute approximate surface area is 256 Å². The quantitative estimate of drug-likeness (QED) is 0.217. The monoisotopic (exact) mass is 623 g/mol. The standard InChI is InChI=1S/C28H27Cl2N9O4/c1-43-28(42)32-18-9-10-19-21(14-18)34-23(40)6-4-2-3-5-20(27-35-25(19)26(30)36-27)33-24(41)12-7-16-13-17(29)8-11-22(16)39-15-31-37-38-39/h7-15,20H,2-6H2,1H3,(H,32,42)(H,33,41)(H,34,40)(H,35,36)/b12-7+. The minimum absolute atomic E-state index is 0.181. The van der Waals surface area contributed by atoms with Crippen LogP contribution in [-0.4, -0.2) is 55.2 Å². The number of carbonyl (C=O) groups is 3. The normalized spacial score (nSPS) is 15.4. The van der Waals surface area contributed by atoms with Crippen LogP contribution >= 0.6 is 23.2 Å². The first-order valence-electron chi connectivity index (χ1n) is 13.4. The number of ether oxygens (including phenoxy) is 1. The van der Waals surface area contributed by atoms with Crippen molar-refractivity contribution in [2.75, 3.05) is 17.7 Å². The molecule has 2 aromatic heterocycles. The second-order valence-electron chi connectivity index (χ2n) is 9.66. The Balaban J connectivity index is 1.42. The van der Waals surface area contributed by atoms with Gasteiger partial charge in [-0.3, -0.25) is 14.9 Å². The molecule has 3 heterocycles. The van der Waals surface area contributed by atoms with Crippen molar-refractivity contribution < 1.29 is 19.1 Å². The number of hydrogen-bond acceptors (Lipinski definition) is 8. The third kappa shape index (κ3) is 7.37. The van der Waals surface area contributed by atoms with Gasteiger partial charge in [-0.2, -0.15) is 4.68 Å². The topological polar surface area (TPSA) is 169 Å². The van der Waals surface area contributed by atoms with E-state index in [0.29, 0.717) is 64.0 Å². The van der Waals surface area contributed by atoms with Crippen molar-refractivity contribution in [3.63, 3.8) is 0 Å². The van der Waals surface area contributed by atoms with Crippen molar-refractivity contribution >= 4 is 58.6 Å². The van der Waals surface area contributed by atoms with Crippen LogP contribution in [0.3, 0.4) is 0 Å². The van der Waals surface area contributed by atoms with E-state index in [1.54, 1.807) is 42.5 Å². The molecule has 1 aliphatic rings. The molecular weight excluding hydrogens is 597 g/mol. The summed E-state index contributed by atoms with van der Waals surface area (Å²) in [6, 6.07) is 9.62. The molecule has 0 saturated heterocycles. The molecule has 5 rings (SSSR count). The summed E-state index contributed by atoms with van der Waals surface area (Å²) in [7, 11) is 1.26. The number of nitrogens with one attached hydrogen (secondary N) is 4. The number of carbonyl (C=O) groups excluding carboxylic acids is 3. The van der Waals surface area contributed by atoms with Gasteiger partial charge in [-0.05, 0) is 65.7 Å². The molecule has 15 heteroatoms. The number of anilines is 2. The molecule has 222 valence electrons. The first-order valence-corrected chi connectivity index (χ1v) is 14.1. The average Bonchev–Trinajstić information content (AvgIpc) is 3.65. The molecular formula is C28H27Cl2N9O4. The first-order chi connectivity index (χ1) is 20.8. The van der Waals surface area contributed by atoms with E-state index in [1.165, 1.54) is 24.2 Å². The van der Waals surface area contributed by atoms with Crippen LogP contribution in [0.5, 0.6) is 0 Å². The zero-order valence-electron chi connectivity index (χ0n) is 22.9. The molecule has 1 atom stereocenters. The number of fused-ring (bicyclic) bond motifs is 4. The van der Waals surface area contributed by atoms with Gasteiger partial charge in [-0.1, -0.05) is 36.0 Å². The number of imidazole rings is 1. The largest absolute Gasteiger partial charge is 0.453 e. The Morgan fingerprint density at radius 2 is 2.00 bits per heavy atom. The molecule has 0 saturated carbocycles. The van der Waals surface area contributed by atoms with Crippen LogP contribution in [0.2, 0.25) is 10.2 Å². The lowest BCUT2D eigenvalue weighted by atomic mass is 10.1. The lowest BCUT2D eigenvalue weighted by Crippen LogP contribution is -2.27. The van der Waals surface area contributed by atoms with Crippen molar-refractivity contribution in [1.29, 1.82) is 0 Å². The number of aromatic nitrogens is 6. The molecule has 0 spiro atoms. The summed E-state index contributed by atoms with van der Waals surface area (Å²) in [5.74, 6) is -0.0754. The lowest BCUT2D eigenvalue weighted by molar-refractivity contribution is -0.117. The number of H-pyrrole nitrogens is 1. The van der Waals surface area contributed by atoms with Crippen molar-refractivity contribution in [2.24, 2.45) is 0 Å². The van der Waals surface area contributed by atoms with E-state index >= 15 is 0 Å². The molecule has 2 aromatic carbocycles. The number of benzene rings is 2. The predicted octanol–water partition coefficient (Wildman–Crippen LogP) is 5.31. The fourth-order valence-electron chi connectivity index (χ4n) is 4.64. The van der Waals surface area contributed by atoms with Gasteiger partial charge in [-0.25, -0.2) is 9.78 Å². The summed E-state index contributed by atoms with van der Waals surface area (Å²) in [6.45, 7) is 0. The molecule has 4 aromatic rings. The maximum absolute atomic E-state index is 13.1. The molecule has 13 nitrogen and oxygen atoms in total. The first kappa shape index (κ1) is 29.7. The summed E-state index contributed by atoms with van der Waals surface area (Å²) in [5.41, 5.74) is 3.05. The third-order valence-electron chi connectivity index (χ3n) is 6.70. The summed E-state index contributed by atoms with van der Waals surface area (Å²) in [4.78, 5) is 45.4. The van der Waals surface area contributed by atoms with Crippen molar-refractivity contribution in [1.82, 2.24) is 35.5 Å². The molecule has 2 bridgehead atoms. The van der Waals surface area contributed by atoms with Gasteiger partial charge in [0, 0.05) is 34.3 Å². The van der Waals surface area contributed by atoms with Crippen molar-refractivity contribution in [2.45, 2.75) is 38.1 Å². The number of methoxy groups -OCH3 is 1. The number of nitrogens with zero attached hydrogens (tertiary/aromatic N) is 5. The number of rotatable bonds is 5. The van der Waals surface area contributed by atoms with E-state index in [0.717, 1.165) is 12.8 Å². The fraction of sp³-hybridized carbons (Fsp3) is 0.250. The number of aromatic amines is 1. The highest BCUT2D eigenvalue weighted by atomic mass is 35.5. The summed E-state index contributed by atoms with van der Waals surface area (Å²) < 4.78 is 6.14. The van der Waals surface area contributed by atoms with Gasteiger partial charge in [0.25, 0.3) is 0 Å². The van der Waals surface area contributed by atoms with E-state index in [-0.39, 0.29) is 17.0 Å². The van der Waals surface area contributed by atoms with Gasteiger partial charge in [0.1, 0.15) is 23.0 Å². The van der Waals surface area contributed by atoms with E-state index in [2.05, 4.69) is 41.2 Å². The Morgan fingerprint density at radius 3 is 2.79 bits per heavy atom. The van der Waals surface area contributed by atoms with Gasteiger partial charge in [0.15, 0.2) is 0 Å². The molecule has 0 aliphatic carbocycles. The van der Waals surface area contributed by atoms with E-state index in [4.69, 9.17) is 28.2 Å². The number of tetrazole rings is 1. The maximum Gasteiger partial charge on any atom is 0.411 e. The molecule has 0 fully saturated rings. The van der Waals surface area contributed by atoms with Crippen LogP contribution in [0, 0.1) is 0 Å². The van der Waals surface area contributed by atoms with Gasteiger partial charge in [-0.15, -0.1) is 5.10 Å². The van der Waals surface area contributed by atoms with Crippen LogP contribution < -0.4 is 16.0 Å². The SMILES string of the molecule is COC(=O)Nc1ccc2c(c1)NC(=O)CCCCCC(NC(=O)/C=C/c1cc(Cl)ccc1-n1cnnn1)c1nc-2c(Cl)[nH]1. The summed E-state index contributed by atoms with van der Waals surface area (Å²) in [6.07, 6.45) is 6.84. The highest BCUT2D eigenvalue weighted by Gasteiger charge is 2.23. The van der Waals surface area contributed by atoms with E-state index in [9.17, 15) is 14.4 Å². The summed E-state index contributed by atoms with van der Waals surface area (Å²) in [5, 5.41) is 20.5. The Kier molecular flexibility index (Phi) is 9.32. The van der Waals surface area contributed by atoms with Crippen LogP contribution in [0.15, 0.2) is 48.8 Å².